The van der Waals surface area contributed by atoms with E-state index in [4.69, 9.17) is 0 Å². The molecule has 0 unspecified atom stereocenters. The van der Waals surface area contributed by atoms with E-state index in [0.29, 0.717) is 10.0 Å². The minimum absolute atomic E-state index is 0.0360. The van der Waals surface area contributed by atoms with E-state index in [1.165, 1.54) is 12.1 Å². The van der Waals surface area contributed by atoms with Crippen molar-refractivity contribution < 1.29 is 27.1 Å². The van der Waals surface area contributed by atoms with Crippen LogP contribution in [0.5, 0.6) is 0 Å². The number of carbonyl (C=O) groups is 1. The number of benzene rings is 1. The Hall–Kier alpha value is -0.950. The van der Waals surface area contributed by atoms with Crippen LogP contribution in [0.1, 0.15) is 12.0 Å². The van der Waals surface area contributed by atoms with Gasteiger partial charge in [0.25, 0.3) is 0 Å². The van der Waals surface area contributed by atoms with E-state index in [-0.39, 0.29) is 25.2 Å². The van der Waals surface area contributed by atoms with Crippen LogP contribution in [0.25, 0.3) is 0 Å². The standard InChI is InChI=1S/C12H11BrF4O2/c13-9-3-8(4-10(14)6-9)5-11(18)1-2-19-7-12(15,16)17/h3-4,6H,1-2,5,7H2. The Kier molecular flexibility index (Phi) is 5.93. The summed E-state index contributed by atoms with van der Waals surface area (Å²) in [5.41, 5.74) is 0.465. The summed E-state index contributed by atoms with van der Waals surface area (Å²) in [7, 11) is 0. The molecule has 0 N–H and O–H groups in total. The lowest BCUT2D eigenvalue weighted by atomic mass is 10.1. The van der Waals surface area contributed by atoms with E-state index in [0.717, 1.165) is 0 Å². The first-order valence-corrected chi connectivity index (χ1v) is 6.17. The lowest BCUT2D eigenvalue weighted by Gasteiger charge is -2.07. The van der Waals surface area contributed by atoms with Crippen molar-refractivity contribution in [3.05, 3.63) is 34.1 Å². The van der Waals surface area contributed by atoms with Crippen molar-refractivity contribution in [1.82, 2.24) is 0 Å². The van der Waals surface area contributed by atoms with Crippen LogP contribution in [-0.4, -0.2) is 25.2 Å². The fourth-order valence-electron chi connectivity index (χ4n) is 1.40. The summed E-state index contributed by atoms with van der Waals surface area (Å²) in [6, 6.07) is 4.04. The molecule has 0 amide bonds. The molecule has 0 fully saturated rings. The van der Waals surface area contributed by atoms with Gasteiger partial charge < -0.3 is 4.74 Å². The molecule has 1 aromatic carbocycles. The van der Waals surface area contributed by atoms with Crippen molar-refractivity contribution in [1.29, 1.82) is 0 Å². The predicted octanol–water partition coefficient (Wildman–Crippen LogP) is 3.67. The summed E-state index contributed by atoms with van der Waals surface area (Å²) in [6.45, 7) is -1.67. The second kappa shape index (κ2) is 7.00. The van der Waals surface area contributed by atoms with Gasteiger partial charge in [0.15, 0.2) is 0 Å². The average Bonchev–Trinajstić information content (AvgIpc) is 2.21. The summed E-state index contributed by atoms with van der Waals surface area (Å²) in [4.78, 5) is 11.5. The maximum atomic E-state index is 13.0. The number of halogens is 5. The number of ketones is 1. The molecule has 0 saturated heterocycles. The first kappa shape index (κ1) is 16.1. The molecule has 1 rings (SSSR count). The van der Waals surface area contributed by atoms with Crippen molar-refractivity contribution in [3.8, 4) is 0 Å². The minimum Gasteiger partial charge on any atom is -0.372 e. The molecule has 0 spiro atoms. The topological polar surface area (TPSA) is 26.3 Å². The molecule has 0 aliphatic heterocycles. The summed E-state index contributed by atoms with van der Waals surface area (Å²) < 4.78 is 53.1. The number of hydrogen-bond acceptors (Lipinski definition) is 2. The summed E-state index contributed by atoms with van der Waals surface area (Å²) in [5, 5.41) is 0. The number of hydrogen-bond donors (Lipinski definition) is 0. The van der Waals surface area contributed by atoms with Gasteiger partial charge in [0.05, 0.1) is 6.61 Å². The third-order valence-electron chi connectivity index (χ3n) is 2.11. The monoisotopic (exact) mass is 342 g/mol. The van der Waals surface area contributed by atoms with E-state index in [2.05, 4.69) is 20.7 Å². The van der Waals surface area contributed by atoms with Crippen LogP contribution in [0.2, 0.25) is 0 Å². The largest absolute Gasteiger partial charge is 0.411 e. The highest BCUT2D eigenvalue weighted by atomic mass is 79.9. The fourth-order valence-corrected chi connectivity index (χ4v) is 1.92. The van der Waals surface area contributed by atoms with Crippen molar-refractivity contribution in [3.63, 3.8) is 0 Å². The third-order valence-corrected chi connectivity index (χ3v) is 2.57. The Labute approximate surface area is 115 Å². The van der Waals surface area contributed by atoms with Crippen LogP contribution in [0.15, 0.2) is 22.7 Å². The number of rotatable bonds is 6. The maximum Gasteiger partial charge on any atom is 0.411 e. The van der Waals surface area contributed by atoms with Crippen LogP contribution in [-0.2, 0) is 16.0 Å². The van der Waals surface area contributed by atoms with Gasteiger partial charge in [-0.15, -0.1) is 0 Å². The second-order valence-corrected chi connectivity index (χ2v) is 4.83. The van der Waals surface area contributed by atoms with Gasteiger partial charge in [-0.25, -0.2) is 4.39 Å². The molecule has 19 heavy (non-hydrogen) atoms. The smallest absolute Gasteiger partial charge is 0.372 e. The second-order valence-electron chi connectivity index (χ2n) is 3.91. The van der Waals surface area contributed by atoms with Gasteiger partial charge >= 0.3 is 6.18 Å². The van der Waals surface area contributed by atoms with Crippen LogP contribution in [0.3, 0.4) is 0 Å². The molecule has 0 heterocycles. The van der Waals surface area contributed by atoms with Crippen LogP contribution < -0.4 is 0 Å². The molecule has 0 radical (unpaired) electrons. The van der Waals surface area contributed by atoms with E-state index in [9.17, 15) is 22.4 Å². The lowest BCUT2D eigenvalue weighted by Crippen LogP contribution is -2.18. The fraction of sp³-hybridized carbons (Fsp3) is 0.417. The normalized spacial score (nSPS) is 11.6. The van der Waals surface area contributed by atoms with E-state index >= 15 is 0 Å². The highest BCUT2D eigenvalue weighted by molar-refractivity contribution is 9.10. The SMILES string of the molecule is O=C(CCOCC(F)(F)F)Cc1cc(F)cc(Br)c1. The van der Waals surface area contributed by atoms with Crippen LogP contribution in [0.4, 0.5) is 17.6 Å². The molecular weight excluding hydrogens is 332 g/mol. The van der Waals surface area contributed by atoms with Gasteiger partial charge in [0.2, 0.25) is 0 Å². The molecule has 0 aromatic heterocycles. The molecular formula is C12H11BrF4O2. The summed E-state index contributed by atoms with van der Waals surface area (Å²) in [6.07, 6.45) is -4.56. The number of alkyl halides is 3. The van der Waals surface area contributed by atoms with E-state index in [1.54, 1.807) is 6.07 Å². The molecule has 106 valence electrons. The Balaban J connectivity index is 2.35. The van der Waals surface area contributed by atoms with Crippen molar-refractivity contribution in [2.24, 2.45) is 0 Å². The Morgan fingerprint density at radius 3 is 2.53 bits per heavy atom. The van der Waals surface area contributed by atoms with Gasteiger partial charge in [0.1, 0.15) is 18.2 Å². The van der Waals surface area contributed by atoms with Gasteiger partial charge in [-0.3, -0.25) is 4.79 Å². The van der Waals surface area contributed by atoms with Crippen molar-refractivity contribution in [2.45, 2.75) is 19.0 Å². The first-order chi connectivity index (χ1) is 8.76. The zero-order valence-corrected chi connectivity index (χ0v) is 11.4. The number of ether oxygens (including phenoxy) is 1. The van der Waals surface area contributed by atoms with Gasteiger partial charge in [-0.2, -0.15) is 13.2 Å². The molecule has 0 aliphatic rings. The highest BCUT2D eigenvalue weighted by Gasteiger charge is 2.27. The Bertz CT molecular complexity index is 426. The zero-order valence-electron chi connectivity index (χ0n) is 9.77. The average molecular weight is 343 g/mol. The van der Waals surface area contributed by atoms with Crippen molar-refractivity contribution in [2.75, 3.05) is 13.2 Å². The zero-order chi connectivity index (χ0) is 14.5. The minimum atomic E-state index is -4.39. The lowest BCUT2D eigenvalue weighted by molar-refractivity contribution is -0.174. The van der Waals surface area contributed by atoms with E-state index in [1.807, 2.05) is 0 Å². The van der Waals surface area contributed by atoms with Gasteiger partial charge in [0, 0.05) is 17.3 Å². The number of carbonyl (C=O) groups excluding carboxylic acids is 1. The van der Waals surface area contributed by atoms with Gasteiger partial charge in [-0.1, -0.05) is 15.9 Å². The summed E-state index contributed by atoms with van der Waals surface area (Å²) >= 11 is 3.09. The molecule has 7 heteroatoms. The highest BCUT2D eigenvalue weighted by Crippen LogP contribution is 2.16. The molecule has 0 bridgehead atoms. The maximum absolute atomic E-state index is 13.0. The Morgan fingerprint density at radius 2 is 1.95 bits per heavy atom. The quantitative estimate of drug-likeness (QED) is 0.582. The molecule has 0 saturated carbocycles. The van der Waals surface area contributed by atoms with Gasteiger partial charge in [-0.05, 0) is 23.8 Å². The molecule has 0 aliphatic carbocycles. The molecule has 0 atom stereocenters. The summed E-state index contributed by atoms with van der Waals surface area (Å²) in [5.74, 6) is -0.787. The third kappa shape index (κ3) is 7.27. The molecule has 2 nitrogen and oxygen atoms in total. The Morgan fingerprint density at radius 1 is 1.26 bits per heavy atom. The predicted molar refractivity (Wildman–Crippen MR) is 64.3 cm³/mol. The first-order valence-electron chi connectivity index (χ1n) is 5.37. The van der Waals surface area contributed by atoms with Crippen molar-refractivity contribution >= 4 is 21.7 Å². The molecule has 1 aromatic rings. The number of Topliss-reactive ketones (excluding diaryl/α,β-unsaturated/α-hetero) is 1. The van der Waals surface area contributed by atoms with Crippen LogP contribution in [0, 0.1) is 5.82 Å². The van der Waals surface area contributed by atoms with Crippen LogP contribution >= 0.6 is 15.9 Å². The van der Waals surface area contributed by atoms with E-state index < -0.39 is 18.6 Å².